The van der Waals surface area contributed by atoms with E-state index in [1.54, 1.807) is 30.6 Å². The maximum absolute atomic E-state index is 13.5. The van der Waals surface area contributed by atoms with E-state index in [1.807, 2.05) is 6.07 Å². The van der Waals surface area contributed by atoms with E-state index in [4.69, 9.17) is 0 Å². The second kappa shape index (κ2) is 7.98. The van der Waals surface area contributed by atoms with Crippen molar-refractivity contribution in [2.24, 2.45) is 0 Å². The van der Waals surface area contributed by atoms with Crippen LogP contribution in [0, 0.1) is 11.6 Å². The summed E-state index contributed by atoms with van der Waals surface area (Å²) in [6.07, 6.45) is 5.21. The highest BCUT2D eigenvalue weighted by Gasteiger charge is 2.23. The van der Waals surface area contributed by atoms with E-state index in [0.717, 1.165) is 42.3 Å². The molecule has 1 atom stereocenters. The Morgan fingerprint density at radius 2 is 2.07 bits per heavy atom. The van der Waals surface area contributed by atoms with E-state index in [-0.39, 0.29) is 11.5 Å². The summed E-state index contributed by atoms with van der Waals surface area (Å²) in [6, 6.07) is 9.20. The van der Waals surface area contributed by atoms with Crippen molar-refractivity contribution in [3.05, 3.63) is 82.0 Å². The molecule has 7 heteroatoms. The molecular formula is C21H20F2N4O. The maximum Gasteiger partial charge on any atom is 0.251 e. The third kappa shape index (κ3) is 4.14. The molecule has 144 valence electrons. The van der Waals surface area contributed by atoms with Crippen LogP contribution in [0.3, 0.4) is 0 Å². The van der Waals surface area contributed by atoms with Crippen LogP contribution in [0.15, 0.2) is 53.6 Å². The van der Waals surface area contributed by atoms with Crippen LogP contribution in [0.4, 0.5) is 8.78 Å². The molecule has 3 aromatic rings. The first kappa shape index (κ1) is 18.4. The highest BCUT2D eigenvalue weighted by atomic mass is 19.2. The number of nitrogens with one attached hydrogen (secondary N) is 1. The lowest BCUT2D eigenvalue weighted by Crippen LogP contribution is -2.34. The van der Waals surface area contributed by atoms with E-state index < -0.39 is 11.6 Å². The summed E-state index contributed by atoms with van der Waals surface area (Å²) in [5, 5.41) is 0. The molecular weight excluding hydrogens is 362 g/mol. The molecule has 0 saturated carbocycles. The minimum absolute atomic E-state index is 0.108. The van der Waals surface area contributed by atoms with Crippen LogP contribution in [0.2, 0.25) is 0 Å². The second-order valence-corrected chi connectivity index (χ2v) is 7.08. The molecule has 0 aliphatic carbocycles. The molecule has 1 aliphatic rings. The first-order valence-electron chi connectivity index (χ1n) is 9.26. The van der Waals surface area contributed by atoms with Gasteiger partial charge < -0.3 is 4.98 Å². The van der Waals surface area contributed by atoms with Crippen molar-refractivity contribution in [3.8, 4) is 11.4 Å². The van der Waals surface area contributed by atoms with Gasteiger partial charge in [-0.05, 0) is 49.2 Å². The van der Waals surface area contributed by atoms with Gasteiger partial charge in [0.1, 0.15) is 5.82 Å². The topological polar surface area (TPSA) is 61.9 Å². The molecule has 1 saturated heterocycles. The van der Waals surface area contributed by atoms with Gasteiger partial charge in [0.2, 0.25) is 0 Å². The van der Waals surface area contributed by atoms with Gasteiger partial charge in [0, 0.05) is 43.0 Å². The molecule has 2 aromatic heterocycles. The lowest BCUT2D eigenvalue weighted by atomic mass is 9.94. The quantitative estimate of drug-likeness (QED) is 0.750. The summed E-state index contributed by atoms with van der Waals surface area (Å²) in [7, 11) is 0. The summed E-state index contributed by atoms with van der Waals surface area (Å²) < 4.78 is 26.6. The molecule has 1 unspecified atom stereocenters. The van der Waals surface area contributed by atoms with Gasteiger partial charge in [-0.2, -0.15) is 0 Å². The van der Waals surface area contributed by atoms with E-state index in [9.17, 15) is 13.6 Å². The average Bonchev–Trinajstić information content (AvgIpc) is 2.71. The molecule has 0 bridgehead atoms. The Labute approximate surface area is 161 Å². The molecule has 0 amide bonds. The number of aromatic amines is 1. The van der Waals surface area contributed by atoms with Gasteiger partial charge in [-0.1, -0.05) is 6.07 Å². The van der Waals surface area contributed by atoms with Gasteiger partial charge in [0.15, 0.2) is 11.6 Å². The molecule has 1 aliphatic heterocycles. The minimum Gasteiger partial charge on any atom is -0.306 e. The average molecular weight is 382 g/mol. The zero-order chi connectivity index (χ0) is 19.5. The van der Waals surface area contributed by atoms with Crippen LogP contribution >= 0.6 is 0 Å². The standard InChI is InChI=1S/C21H20F2N4O/c22-17-6-5-14(9-18(17)23)12-27-8-2-4-16(13-27)19-10-20(28)26-21(25-19)15-3-1-7-24-11-15/h1,3,5-7,9-11,16H,2,4,8,12-13H2,(H,25,26,28). The van der Waals surface area contributed by atoms with Crippen LogP contribution in [-0.4, -0.2) is 32.9 Å². The zero-order valence-corrected chi connectivity index (χ0v) is 15.2. The molecule has 0 radical (unpaired) electrons. The molecule has 0 spiro atoms. The normalized spacial score (nSPS) is 17.6. The van der Waals surface area contributed by atoms with E-state index in [0.29, 0.717) is 18.9 Å². The number of benzene rings is 1. The van der Waals surface area contributed by atoms with Crippen molar-refractivity contribution in [1.82, 2.24) is 19.9 Å². The van der Waals surface area contributed by atoms with Gasteiger partial charge in [-0.3, -0.25) is 14.7 Å². The molecule has 1 aromatic carbocycles. The maximum atomic E-state index is 13.5. The van der Waals surface area contributed by atoms with Crippen molar-refractivity contribution in [3.63, 3.8) is 0 Å². The van der Waals surface area contributed by atoms with Gasteiger partial charge in [0.05, 0.1) is 5.69 Å². The fourth-order valence-electron chi connectivity index (χ4n) is 3.66. The number of hydrogen-bond acceptors (Lipinski definition) is 4. The Morgan fingerprint density at radius 1 is 1.18 bits per heavy atom. The van der Waals surface area contributed by atoms with Crippen LogP contribution in [0.25, 0.3) is 11.4 Å². The number of nitrogens with zero attached hydrogens (tertiary/aromatic N) is 3. The largest absolute Gasteiger partial charge is 0.306 e. The first-order chi connectivity index (χ1) is 13.6. The number of hydrogen-bond donors (Lipinski definition) is 1. The van der Waals surface area contributed by atoms with E-state index in [2.05, 4.69) is 19.9 Å². The van der Waals surface area contributed by atoms with Crippen molar-refractivity contribution >= 4 is 0 Å². The number of aromatic nitrogens is 3. The van der Waals surface area contributed by atoms with Crippen LogP contribution in [-0.2, 0) is 6.54 Å². The number of piperidine rings is 1. The van der Waals surface area contributed by atoms with Crippen molar-refractivity contribution in [1.29, 1.82) is 0 Å². The fourth-order valence-corrected chi connectivity index (χ4v) is 3.66. The van der Waals surface area contributed by atoms with E-state index >= 15 is 0 Å². The van der Waals surface area contributed by atoms with Gasteiger partial charge in [0.25, 0.3) is 5.56 Å². The predicted molar refractivity (Wildman–Crippen MR) is 102 cm³/mol. The smallest absolute Gasteiger partial charge is 0.251 e. The first-order valence-corrected chi connectivity index (χ1v) is 9.26. The van der Waals surface area contributed by atoms with Crippen molar-refractivity contribution < 1.29 is 8.78 Å². The zero-order valence-electron chi connectivity index (χ0n) is 15.2. The number of halogens is 2. The summed E-state index contributed by atoms with van der Waals surface area (Å²) >= 11 is 0. The second-order valence-electron chi connectivity index (χ2n) is 7.08. The van der Waals surface area contributed by atoms with Crippen LogP contribution < -0.4 is 5.56 Å². The summed E-state index contributed by atoms with van der Waals surface area (Å²) in [4.78, 5) is 25.9. The molecule has 28 heavy (non-hydrogen) atoms. The van der Waals surface area contributed by atoms with Crippen molar-refractivity contribution in [2.45, 2.75) is 25.3 Å². The monoisotopic (exact) mass is 382 g/mol. The Hall–Kier alpha value is -2.93. The third-order valence-corrected chi connectivity index (χ3v) is 5.01. The number of likely N-dealkylation sites (tertiary alicyclic amines) is 1. The summed E-state index contributed by atoms with van der Waals surface area (Å²) in [5.41, 5.74) is 2.05. The van der Waals surface area contributed by atoms with Gasteiger partial charge >= 0.3 is 0 Å². The van der Waals surface area contributed by atoms with E-state index in [1.165, 1.54) is 6.07 Å². The Balaban J connectivity index is 1.53. The number of pyridine rings is 1. The molecule has 5 nitrogen and oxygen atoms in total. The lowest BCUT2D eigenvalue weighted by molar-refractivity contribution is 0.198. The molecule has 3 heterocycles. The Morgan fingerprint density at radius 3 is 2.86 bits per heavy atom. The number of rotatable bonds is 4. The van der Waals surface area contributed by atoms with Gasteiger partial charge in [-0.25, -0.2) is 13.8 Å². The number of H-pyrrole nitrogens is 1. The predicted octanol–water partition coefficient (Wildman–Crippen LogP) is 3.49. The summed E-state index contributed by atoms with van der Waals surface area (Å²) in [6.45, 7) is 2.11. The van der Waals surface area contributed by atoms with Crippen molar-refractivity contribution in [2.75, 3.05) is 13.1 Å². The Kier molecular flexibility index (Phi) is 5.25. The Bertz CT molecular complexity index is 1020. The van der Waals surface area contributed by atoms with Crippen LogP contribution in [0.1, 0.15) is 30.0 Å². The lowest BCUT2D eigenvalue weighted by Gasteiger charge is -2.32. The highest BCUT2D eigenvalue weighted by molar-refractivity contribution is 5.52. The third-order valence-electron chi connectivity index (χ3n) is 5.01. The molecule has 1 fully saturated rings. The van der Waals surface area contributed by atoms with Gasteiger partial charge in [-0.15, -0.1) is 0 Å². The molecule has 1 N–H and O–H groups in total. The summed E-state index contributed by atoms with van der Waals surface area (Å²) in [5.74, 6) is -1.05. The SMILES string of the molecule is O=c1cc(C2CCCN(Cc3ccc(F)c(F)c3)C2)nc(-c2cccnc2)[nH]1. The van der Waals surface area contributed by atoms with Crippen LogP contribution in [0.5, 0.6) is 0 Å². The fraction of sp³-hybridized carbons (Fsp3) is 0.286. The highest BCUT2D eigenvalue weighted by Crippen LogP contribution is 2.27. The minimum atomic E-state index is -0.837. The molecule has 4 rings (SSSR count).